The summed E-state index contributed by atoms with van der Waals surface area (Å²) in [5.74, 6) is -0.860. The van der Waals surface area contributed by atoms with Crippen molar-refractivity contribution >= 4 is 30.8 Å². The Bertz CT molecular complexity index is 754. The molecule has 0 unspecified atom stereocenters. The lowest BCUT2D eigenvalue weighted by molar-refractivity contribution is 0.0695. The Morgan fingerprint density at radius 1 is 0.824 bits per heavy atom. The molecular formula is C13H10Cl2O2. The lowest BCUT2D eigenvalue weighted by atomic mass is 9.97. The predicted molar refractivity (Wildman–Crippen MR) is 69.7 cm³/mol. The van der Waals surface area contributed by atoms with Crippen LogP contribution in [0, 0.1) is 20.9 Å². The first-order valence-corrected chi connectivity index (χ1v) is 4.75. The van der Waals surface area contributed by atoms with Gasteiger partial charge in [-0.25, -0.2) is 4.79 Å². The van der Waals surface area contributed by atoms with Crippen LogP contribution in [0.25, 0.3) is 0 Å². The SMILES string of the molecule is Cl.Cl.O=C(O)c1cccc2c1=c1ccccc1=2. The molecular weight excluding hydrogens is 259 g/mol. The summed E-state index contributed by atoms with van der Waals surface area (Å²) in [5.41, 5.74) is 0.395. The van der Waals surface area contributed by atoms with Crippen molar-refractivity contribution in [3.05, 3.63) is 68.9 Å². The number of rotatable bonds is 1. The van der Waals surface area contributed by atoms with Crippen molar-refractivity contribution in [3.8, 4) is 0 Å². The van der Waals surface area contributed by atoms with Crippen LogP contribution in [-0.4, -0.2) is 11.1 Å². The minimum Gasteiger partial charge on any atom is -0.478 e. The Labute approximate surface area is 110 Å². The molecule has 0 spiro atoms. The first-order valence-electron chi connectivity index (χ1n) is 4.75. The molecule has 88 valence electrons. The third-order valence-electron chi connectivity index (χ3n) is 2.78. The van der Waals surface area contributed by atoms with Crippen LogP contribution in [0.3, 0.4) is 0 Å². The van der Waals surface area contributed by atoms with Crippen molar-refractivity contribution < 1.29 is 9.90 Å². The summed E-state index contributed by atoms with van der Waals surface area (Å²) in [6, 6.07) is 13.3. The van der Waals surface area contributed by atoms with Crippen LogP contribution >= 0.6 is 24.8 Å². The zero-order valence-corrected chi connectivity index (χ0v) is 10.3. The molecule has 4 heteroatoms. The molecule has 0 heterocycles. The third kappa shape index (κ3) is 1.79. The lowest BCUT2D eigenvalue weighted by Gasteiger charge is -2.06. The smallest absolute Gasteiger partial charge is 0.336 e. The minimum absolute atomic E-state index is 0. The fourth-order valence-corrected chi connectivity index (χ4v) is 2.12. The normalized spacial score (nSPS) is 9.88. The molecule has 0 aliphatic heterocycles. The van der Waals surface area contributed by atoms with Crippen LogP contribution in [-0.2, 0) is 0 Å². The van der Waals surface area contributed by atoms with Crippen LogP contribution in [0.2, 0.25) is 0 Å². The van der Waals surface area contributed by atoms with E-state index >= 15 is 0 Å². The monoisotopic (exact) mass is 268 g/mol. The third-order valence-corrected chi connectivity index (χ3v) is 2.78. The predicted octanol–water partition coefficient (Wildman–Crippen LogP) is 3.12. The first kappa shape index (κ1) is 13.6. The van der Waals surface area contributed by atoms with Crippen molar-refractivity contribution in [2.75, 3.05) is 0 Å². The van der Waals surface area contributed by atoms with E-state index in [1.54, 1.807) is 12.1 Å². The molecule has 0 amide bonds. The van der Waals surface area contributed by atoms with Gasteiger partial charge in [0, 0.05) is 5.22 Å². The number of carboxylic acid groups (broad SMARTS) is 1. The average Bonchev–Trinajstić information content (AvgIpc) is 2.24. The summed E-state index contributed by atoms with van der Waals surface area (Å²) in [6.07, 6.45) is 0. The Morgan fingerprint density at radius 3 is 2.06 bits per heavy atom. The van der Waals surface area contributed by atoms with Gasteiger partial charge < -0.3 is 5.11 Å². The van der Waals surface area contributed by atoms with Gasteiger partial charge >= 0.3 is 5.97 Å². The Morgan fingerprint density at radius 2 is 1.41 bits per heavy atom. The molecule has 0 aromatic heterocycles. The molecule has 2 aromatic carbocycles. The van der Waals surface area contributed by atoms with Crippen LogP contribution in [0.1, 0.15) is 10.4 Å². The topological polar surface area (TPSA) is 37.3 Å². The van der Waals surface area contributed by atoms with Crippen LogP contribution in [0.5, 0.6) is 0 Å². The number of halogens is 2. The number of hydrogen-bond donors (Lipinski definition) is 1. The van der Waals surface area contributed by atoms with E-state index in [4.69, 9.17) is 5.11 Å². The number of fused-ring (bicyclic) bond motifs is 2. The molecule has 1 aliphatic carbocycles. The quantitative estimate of drug-likeness (QED) is 0.737. The highest BCUT2D eigenvalue weighted by Gasteiger charge is 2.10. The van der Waals surface area contributed by atoms with Crippen molar-refractivity contribution in [2.45, 2.75) is 0 Å². The molecule has 0 bridgehead atoms. The van der Waals surface area contributed by atoms with E-state index in [0.717, 1.165) is 20.9 Å². The number of carbonyl (C=O) groups is 1. The second kappa shape index (κ2) is 4.78. The molecule has 2 aromatic rings. The Balaban J connectivity index is 0.000000722. The van der Waals surface area contributed by atoms with Crippen molar-refractivity contribution in [3.63, 3.8) is 0 Å². The standard InChI is InChI=1S/C13H8O2.2ClH/c14-13(15)11-7-3-6-10-8-4-1-2-5-9(8)12(10)11;;/h1-7H,(H,14,15);2*1H. The van der Waals surface area contributed by atoms with Gasteiger partial charge in [0.25, 0.3) is 0 Å². The fourth-order valence-electron chi connectivity index (χ4n) is 2.12. The van der Waals surface area contributed by atoms with Gasteiger partial charge in [-0.1, -0.05) is 36.4 Å². The zero-order valence-electron chi connectivity index (χ0n) is 8.71. The number of benzene rings is 2. The number of aromatic carboxylic acids is 1. The Hall–Kier alpha value is -1.51. The maximum atomic E-state index is 11.0. The summed E-state index contributed by atoms with van der Waals surface area (Å²) >= 11 is 0. The van der Waals surface area contributed by atoms with Gasteiger partial charge in [-0.2, -0.15) is 0 Å². The molecule has 0 fully saturated rings. The van der Waals surface area contributed by atoms with Gasteiger partial charge in [0.2, 0.25) is 0 Å². The molecule has 0 saturated carbocycles. The summed E-state index contributed by atoms with van der Waals surface area (Å²) in [4.78, 5) is 11.0. The van der Waals surface area contributed by atoms with Gasteiger partial charge in [-0.3, -0.25) is 0 Å². The first-order chi connectivity index (χ1) is 7.29. The lowest BCUT2D eigenvalue weighted by Crippen LogP contribution is -2.03. The highest BCUT2D eigenvalue weighted by Crippen LogP contribution is 2.16. The highest BCUT2D eigenvalue weighted by molar-refractivity contribution is 5.88. The molecule has 2 nitrogen and oxygen atoms in total. The maximum absolute atomic E-state index is 11.0. The van der Waals surface area contributed by atoms with Crippen molar-refractivity contribution in [2.24, 2.45) is 0 Å². The maximum Gasteiger partial charge on any atom is 0.336 e. The van der Waals surface area contributed by atoms with E-state index < -0.39 is 5.97 Å². The summed E-state index contributed by atoms with van der Waals surface area (Å²) in [5, 5.41) is 13.2. The summed E-state index contributed by atoms with van der Waals surface area (Å²) in [6.45, 7) is 0. The van der Waals surface area contributed by atoms with Gasteiger partial charge in [0.1, 0.15) is 0 Å². The zero-order chi connectivity index (χ0) is 10.4. The molecule has 3 rings (SSSR count). The number of hydrogen-bond acceptors (Lipinski definition) is 1. The van der Waals surface area contributed by atoms with E-state index in [0.29, 0.717) is 5.56 Å². The second-order valence-electron chi connectivity index (χ2n) is 3.58. The van der Waals surface area contributed by atoms with Crippen molar-refractivity contribution in [1.82, 2.24) is 0 Å². The molecule has 1 aliphatic rings. The second-order valence-corrected chi connectivity index (χ2v) is 3.58. The minimum atomic E-state index is -0.860. The fraction of sp³-hybridized carbons (Fsp3) is 0. The van der Waals surface area contributed by atoms with Crippen molar-refractivity contribution in [1.29, 1.82) is 0 Å². The molecule has 17 heavy (non-hydrogen) atoms. The van der Waals surface area contributed by atoms with Gasteiger partial charge in [-0.05, 0) is 21.7 Å². The number of carboxylic acids is 1. The van der Waals surface area contributed by atoms with E-state index in [1.165, 1.54) is 0 Å². The van der Waals surface area contributed by atoms with Crippen LogP contribution in [0.15, 0.2) is 42.5 Å². The van der Waals surface area contributed by atoms with Gasteiger partial charge in [-0.15, -0.1) is 24.8 Å². The van der Waals surface area contributed by atoms with Crippen LogP contribution < -0.4 is 0 Å². The van der Waals surface area contributed by atoms with E-state index in [2.05, 4.69) is 0 Å². The summed E-state index contributed by atoms with van der Waals surface area (Å²) in [7, 11) is 0. The molecule has 0 atom stereocenters. The van der Waals surface area contributed by atoms with Gasteiger partial charge in [0.05, 0.1) is 5.56 Å². The largest absolute Gasteiger partial charge is 0.478 e. The van der Waals surface area contributed by atoms with E-state index in [1.807, 2.05) is 30.3 Å². The summed E-state index contributed by atoms with van der Waals surface area (Å²) < 4.78 is 0. The molecule has 0 radical (unpaired) electrons. The highest BCUT2D eigenvalue weighted by atomic mass is 35.5. The van der Waals surface area contributed by atoms with E-state index in [9.17, 15) is 4.79 Å². The van der Waals surface area contributed by atoms with E-state index in [-0.39, 0.29) is 24.8 Å². The average molecular weight is 269 g/mol. The molecule has 0 saturated heterocycles. The molecule has 1 N–H and O–H groups in total. The Kier molecular flexibility index (Phi) is 3.81. The van der Waals surface area contributed by atoms with Gasteiger partial charge in [0.15, 0.2) is 0 Å². The van der Waals surface area contributed by atoms with Crippen LogP contribution in [0.4, 0.5) is 0 Å².